The van der Waals surface area contributed by atoms with E-state index in [2.05, 4.69) is 10.6 Å². The van der Waals surface area contributed by atoms with Crippen molar-refractivity contribution in [1.29, 1.82) is 0 Å². The summed E-state index contributed by atoms with van der Waals surface area (Å²) in [5.74, 6) is -3.66. The van der Waals surface area contributed by atoms with Crippen LogP contribution < -0.4 is 10.6 Å². The molecular weight excluding hydrogens is 281 g/mol. The molecule has 0 radical (unpaired) electrons. The number of carbonyl (C=O) groups is 1. The van der Waals surface area contributed by atoms with Gasteiger partial charge in [-0.3, -0.25) is 4.79 Å². The summed E-state index contributed by atoms with van der Waals surface area (Å²) in [4.78, 5) is 12.0. The molecule has 1 saturated carbocycles. The fraction of sp³-hybridized carbons (Fsp3) is 0.533. The van der Waals surface area contributed by atoms with Gasteiger partial charge in [-0.15, -0.1) is 0 Å². The van der Waals surface area contributed by atoms with Crippen molar-refractivity contribution in [2.24, 2.45) is 0 Å². The molecule has 2 N–H and O–H groups in total. The molecule has 1 aliphatic rings. The number of anilines is 1. The van der Waals surface area contributed by atoms with E-state index in [1.807, 2.05) is 0 Å². The average molecular weight is 300 g/mol. The minimum atomic E-state index is -1.28. The predicted octanol–water partition coefficient (Wildman–Crippen LogP) is 3.35. The minimum absolute atomic E-state index is 0.129. The van der Waals surface area contributed by atoms with E-state index in [0.717, 1.165) is 31.7 Å². The molecule has 0 heterocycles. The third-order valence-electron chi connectivity index (χ3n) is 3.71. The third-order valence-corrected chi connectivity index (χ3v) is 3.71. The molecule has 6 heteroatoms. The van der Waals surface area contributed by atoms with Crippen LogP contribution in [0.3, 0.4) is 0 Å². The molecule has 1 aromatic rings. The molecule has 1 atom stereocenters. The van der Waals surface area contributed by atoms with E-state index in [-0.39, 0.29) is 17.6 Å². The first kappa shape index (κ1) is 15.7. The van der Waals surface area contributed by atoms with Crippen LogP contribution in [-0.4, -0.2) is 18.0 Å². The standard InChI is InChI=1S/C15H19F3N2O/c1-9(15(21)20-11-5-3-2-4-6-11)19-13-8-10(16)7-12(17)14(13)18/h7-9,11,19H,2-6H2,1H3,(H,20,21). The maximum atomic E-state index is 13.5. The summed E-state index contributed by atoms with van der Waals surface area (Å²) in [6, 6.07) is 0.656. The van der Waals surface area contributed by atoms with Gasteiger partial charge >= 0.3 is 0 Å². The molecule has 0 bridgehead atoms. The van der Waals surface area contributed by atoms with E-state index in [1.165, 1.54) is 13.3 Å². The summed E-state index contributed by atoms with van der Waals surface area (Å²) >= 11 is 0. The van der Waals surface area contributed by atoms with Crippen LogP contribution in [0, 0.1) is 17.5 Å². The average Bonchev–Trinajstić information content (AvgIpc) is 2.45. The SMILES string of the molecule is CC(Nc1cc(F)cc(F)c1F)C(=O)NC1CCCCC1. The number of halogens is 3. The lowest BCUT2D eigenvalue weighted by Crippen LogP contribution is -2.44. The summed E-state index contributed by atoms with van der Waals surface area (Å²) in [6.07, 6.45) is 5.20. The molecule has 1 unspecified atom stereocenters. The largest absolute Gasteiger partial charge is 0.371 e. The zero-order chi connectivity index (χ0) is 15.4. The number of rotatable bonds is 4. The van der Waals surface area contributed by atoms with Gasteiger partial charge in [-0.25, -0.2) is 13.2 Å². The number of amides is 1. The first-order chi connectivity index (χ1) is 9.97. The maximum absolute atomic E-state index is 13.5. The Morgan fingerprint density at radius 2 is 1.86 bits per heavy atom. The van der Waals surface area contributed by atoms with Crippen molar-refractivity contribution < 1.29 is 18.0 Å². The van der Waals surface area contributed by atoms with Crippen molar-refractivity contribution in [2.45, 2.75) is 51.1 Å². The molecule has 0 aliphatic heterocycles. The highest BCUT2D eigenvalue weighted by atomic mass is 19.2. The minimum Gasteiger partial charge on any atom is -0.371 e. The highest BCUT2D eigenvalue weighted by Crippen LogP contribution is 2.21. The molecule has 0 saturated heterocycles. The topological polar surface area (TPSA) is 41.1 Å². The van der Waals surface area contributed by atoms with E-state index in [9.17, 15) is 18.0 Å². The molecule has 0 aromatic heterocycles. The Morgan fingerprint density at radius 1 is 1.19 bits per heavy atom. The quantitative estimate of drug-likeness (QED) is 0.837. The predicted molar refractivity (Wildman–Crippen MR) is 74.4 cm³/mol. The van der Waals surface area contributed by atoms with Crippen molar-refractivity contribution in [3.05, 3.63) is 29.6 Å². The molecule has 0 spiro atoms. The van der Waals surface area contributed by atoms with Crippen molar-refractivity contribution in [3.63, 3.8) is 0 Å². The Morgan fingerprint density at radius 3 is 2.52 bits per heavy atom. The van der Waals surface area contributed by atoms with Crippen LogP contribution in [0.2, 0.25) is 0 Å². The smallest absolute Gasteiger partial charge is 0.242 e. The first-order valence-electron chi connectivity index (χ1n) is 7.19. The van der Waals surface area contributed by atoms with Crippen LogP contribution in [-0.2, 0) is 4.79 Å². The number of nitrogens with one attached hydrogen (secondary N) is 2. The van der Waals surface area contributed by atoms with E-state index >= 15 is 0 Å². The lowest BCUT2D eigenvalue weighted by Gasteiger charge is -2.25. The Balaban J connectivity index is 1.97. The van der Waals surface area contributed by atoms with Crippen molar-refractivity contribution in [2.75, 3.05) is 5.32 Å². The highest BCUT2D eigenvalue weighted by Gasteiger charge is 2.21. The fourth-order valence-corrected chi connectivity index (χ4v) is 2.53. The summed E-state index contributed by atoms with van der Waals surface area (Å²) in [6.45, 7) is 1.53. The lowest BCUT2D eigenvalue weighted by molar-refractivity contribution is -0.122. The Hall–Kier alpha value is -1.72. The fourth-order valence-electron chi connectivity index (χ4n) is 2.53. The first-order valence-corrected chi connectivity index (χ1v) is 7.19. The summed E-state index contributed by atoms with van der Waals surface area (Å²) in [7, 11) is 0. The second kappa shape index (κ2) is 6.83. The molecule has 1 aliphatic carbocycles. The molecular formula is C15H19F3N2O. The second-order valence-electron chi connectivity index (χ2n) is 5.46. The normalized spacial score (nSPS) is 17.3. The number of carbonyl (C=O) groups excluding carboxylic acids is 1. The van der Waals surface area contributed by atoms with Gasteiger partial charge in [0.05, 0.1) is 5.69 Å². The molecule has 21 heavy (non-hydrogen) atoms. The van der Waals surface area contributed by atoms with Gasteiger partial charge in [-0.2, -0.15) is 0 Å². The van der Waals surface area contributed by atoms with Gasteiger partial charge in [0.25, 0.3) is 0 Å². The second-order valence-corrected chi connectivity index (χ2v) is 5.46. The van der Waals surface area contributed by atoms with Crippen LogP contribution in [0.1, 0.15) is 39.0 Å². The molecule has 116 valence electrons. The van der Waals surface area contributed by atoms with Crippen LogP contribution in [0.4, 0.5) is 18.9 Å². The number of hydrogen-bond acceptors (Lipinski definition) is 2. The van der Waals surface area contributed by atoms with Gasteiger partial charge in [0.2, 0.25) is 5.91 Å². The van der Waals surface area contributed by atoms with Crippen LogP contribution in [0.25, 0.3) is 0 Å². The van der Waals surface area contributed by atoms with Gasteiger partial charge in [0, 0.05) is 18.2 Å². The lowest BCUT2D eigenvalue weighted by atomic mass is 9.95. The summed E-state index contributed by atoms with van der Waals surface area (Å²) in [5.41, 5.74) is -0.348. The summed E-state index contributed by atoms with van der Waals surface area (Å²) < 4.78 is 39.7. The molecule has 1 amide bonds. The van der Waals surface area contributed by atoms with Gasteiger partial charge in [-0.1, -0.05) is 19.3 Å². The Kier molecular flexibility index (Phi) is 5.09. The highest BCUT2D eigenvalue weighted by molar-refractivity contribution is 5.84. The van der Waals surface area contributed by atoms with E-state index in [0.29, 0.717) is 6.07 Å². The monoisotopic (exact) mass is 300 g/mol. The van der Waals surface area contributed by atoms with Crippen LogP contribution >= 0.6 is 0 Å². The zero-order valence-corrected chi connectivity index (χ0v) is 11.9. The van der Waals surface area contributed by atoms with Gasteiger partial charge in [-0.05, 0) is 19.8 Å². The molecule has 1 aromatic carbocycles. The van der Waals surface area contributed by atoms with E-state index in [4.69, 9.17) is 0 Å². The van der Waals surface area contributed by atoms with Gasteiger partial charge in [0.15, 0.2) is 11.6 Å². The van der Waals surface area contributed by atoms with Crippen molar-refractivity contribution in [3.8, 4) is 0 Å². The van der Waals surface area contributed by atoms with E-state index < -0.39 is 23.5 Å². The van der Waals surface area contributed by atoms with Crippen LogP contribution in [0.15, 0.2) is 12.1 Å². The van der Waals surface area contributed by atoms with E-state index in [1.54, 1.807) is 0 Å². The van der Waals surface area contributed by atoms with Crippen molar-refractivity contribution >= 4 is 11.6 Å². The Bertz CT molecular complexity index is 516. The van der Waals surface area contributed by atoms with Crippen molar-refractivity contribution in [1.82, 2.24) is 5.32 Å². The number of hydrogen-bond donors (Lipinski definition) is 2. The summed E-state index contributed by atoms with van der Waals surface area (Å²) in [5, 5.41) is 5.39. The maximum Gasteiger partial charge on any atom is 0.242 e. The molecule has 3 nitrogen and oxygen atoms in total. The Labute approximate surface area is 121 Å². The molecule has 2 rings (SSSR count). The number of benzene rings is 1. The van der Waals surface area contributed by atoms with Crippen LogP contribution in [0.5, 0.6) is 0 Å². The zero-order valence-electron chi connectivity index (χ0n) is 11.9. The molecule has 1 fully saturated rings. The van der Waals surface area contributed by atoms with Gasteiger partial charge in [0.1, 0.15) is 11.9 Å². The third kappa shape index (κ3) is 4.12. The van der Waals surface area contributed by atoms with Gasteiger partial charge < -0.3 is 10.6 Å².